The van der Waals surface area contributed by atoms with E-state index in [-0.39, 0.29) is 24.8 Å². The summed E-state index contributed by atoms with van der Waals surface area (Å²) in [5.41, 5.74) is 2.73. The van der Waals surface area contributed by atoms with Gasteiger partial charge in [0.1, 0.15) is 6.04 Å². The number of carbonyl (C=O) groups is 2. The van der Waals surface area contributed by atoms with E-state index in [0.29, 0.717) is 36.5 Å². The monoisotopic (exact) mass is 521 g/mol. The highest BCUT2D eigenvalue weighted by atomic mass is 32.2. The van der Waals surface area contributed by atoms with Crippen LogP contribution < -0.4 is 9.62 Å². The van der Waals surface area contributed by atoms with Crippen LogP contribution in [-0.2, 0) is 26.2 Å². The molecule has 0 unspecified atom stereocenters. The number of benzene rings is 3. The normalized spacial score (nSPS) is 14.5. The zero-order valence-electron chi connectivity index (χ0n) is 21.7. The van der Waals surface area contributed by atoms with Crippen molar-refractivity contribution in [3.8, 4) is 0 Å². The first-order valence-corrected chi connectivity index (χ1v) is 14.4. The molecule has 0 saturated heterocycles. The first kappa shape index (κ1) is 26.7. The van der Waals surface area contributed by atoms with Crippen molar-refractivity contribution in [3.05, 3.63) is 71.8 Å². The number of sulfonamides is 1. The van der Waals surface area contributed by atoms with Gasteiger partial charge in [-0.1, -0.05) is 67.9 Å². The minimum absolute atomic E-state index is 0.141. The Balaban J connectivity index is 1.51. The number of aryl methyl sites for hydroxylation is 1. The molecule has 1 N–H and O–H groups in total. The van der Waals surface area contributed by atoms with Crippen molar-refractivity contribution >= 4 is 38.3 Å². The van der Waals surface area contributed by atoms with Gasteiger partial charge in [-0.15, -0.1) is 0 Å². The summed E-state index contributed by atoms with van der Waals surface area (Å²) in [6.45, 7) is 6.97. The number of nitrogens with zero attached hydrogens (tertiary/aromatic N) is 2. The lowest BCUT2D eigenvalue weighted by Gasteiger charge is -2.31. The van der Waals surface area contributed by atoms with E-state index in [1.54, 1.807) is 17.0 Å². The lowest BCUT2D eigenvalue weighted by molar-refractivity contribution is -0.141. The maximum absolute atomic E-state index is 13.5. The summed E-state index contributed by atoms with van der Waals surface area (Å²) in [6, 6.07) is 18.2. The van der Waals surface area contributed by atoms with Crippen molar-refractivity contribution in [2.24, 2.45) is 0 Å². The molecule has 0 aromatic heterocycles. The average Bonchev–Trinajstić information content (AvgIpc) is 3.11. The maximum Gasteiger partial charge on any atom is 0.265 e. The predicted molar refractivity (Wildman–Crippen MR) is 147 cm³/mol. The van der Waals surface area contributed by atoms with Crippen LogP contribution in [0, 0.1) is 6.92 Å². The highest BCUT2D eigenvalue weighted by molar-refractivity contribution is 7.93. The lowest BCUT2D eigenvalue weighted by atomic mass is 10.1. The van der Waals surface area contributed by atoms with Gasteiger partial charge in [-0.05, 0) is 49.3 Å². The molecule has 37 heavy (non-hydrogen) atoms. The van der Waals surface area contributed by atoms with Crippen LogP contribution in [0.25, 0.3) is 10.8 Å². The maximum atomic E-state index is 13.5. The molecule has 1 aliphatic heterocycles. The van der Waals surface area contributed by atoms with Crippen LogP contribution in [0.15, 0.2) is 65.6 Å². The summed E-state index contributed by atoms with van der Waals surface area (Å²) in [6.07, 6.45) is 1.79. The van der Waals surface area contributed by atoms with E-state index in [2.05, 4.69) is 5.32 Å². The molecule has 1 atom stereocenters. The smallest absolute Gasteiger partial charge is 0.265 e. The minimum atomic E-state index is -3.67. The number of hydrogen-bond donors (Lipinski definition) is 1. The number of anilines is 1. The van der Waals surface area contributed by atoms with Crippen molar-refractivity contribution in [2.75, 3.05) is 17.4 Å². The number of rotatable bonds is 11. The molecule has 0 fully saturated rings. The third-order valence-corrected chi connectivity index (χ3v) is 8.70. The molecule has 0 aliphatic carbocycles. The fraction of sp³-hybridized carbons (Fsp3) is 0.379. The van der Waals surface area contributed by atoms with Gasteiger partial charge in [-0.3, -0.25) is 13.9 Å². The number of hydrogen-bond acceptors (Lipinski definition) is 4. The molecule has 3 aromatic carbocycles. The first-order chi connectivity index (χ1) is 17.8. The second-order valence-corrected chi connectivity index (χ2v) is 11.4. The Labute approximate surface area is 219 Å². The minimum Gasteiger partial charge on any atom is -0.354 e. The van der Waals surface area contributed by atoms with Gasteiger partial charge in [0.05, 0.1) is 10.6 Å². The van der Waals surface area contributed by atoms with Crippen molar-refractivity contribution in [3.63, 3.8) is 0 Å². The molecule has 0 spiro atoms. The van der Waals surface area contributed by atoms with Crippen LogP contribution in [0.5, 0.6) is 0 Å². The Morgan fingerprint density at radius 1 is 1.00 bits per heavy atom. The van der Waals surface area contributed by atoms with E-state index >= 15 is 0 Å². The molecule has 8 heteroatoms. The topological polar surface area (TPSA) is 86.8 Å². The van der Waals surface area contributed by atoms with Gasteiger partial charge in [0.15, 0.2) is 0 Å². The summed E-state index contributed by atoms with van der Waals surface area (Å²) in [4.78, 5) is 28.4. The third kappa shape index (κ3) is 5.49. The molecule has 0 bridgehead atoms. The van der Waals surface area contributed by atoms with Crippen molar-refractivity contribution < 1.29 is 18.0 Å². The Morgan fingerprint density at radius 2 is 1.70 bits per heavy atom. The Kier molecular flexibility index (Phi) is 8.17. The SMILES string of the molecule is CCCNC(=O)[C@@H](CC)N(Cc1ccc(C)cc1)C(=O)CCCN1c2cccc3cccc(c23)S1(=O)=O. The lowest BCUT2D eigenvalue weighted by Crippen LogP contribution is -2.49. The molecular weight excluding hydrogens is 486 g/mol. The molecule has 0 radical (unpaired) electrons. The molecular formula is C29H35N3O4S. The van der Waals surface area contributed by atoms with Gasteiger partial charge in [0, 0.05) is 31.4 Å². The fourth-order valence-electron chi connectivity index (χ4n) is 4.89. The number of nitrogens with one attached hydrogen (secondary N) is 1. The van der Waals surface area contributed by atoms with Crippen LogP contribution >= 0.6 is 0 Å². The summed E-state index contributed by atoms with van der Waals surface area (Å²) >= 11 is 0. The summed E-state index contributed by atoms with van der Waals surface area (Å²) in [5, 5.41) is 4.54. The zero-order chi connectivity index (χ0) is 26.6. The van der Waals surface area contributed by atoms with Gasteiger partial charge in [-0.25, -0.2) is 8.42 Å². The molecule has 3 aromatic rings. The molecule has 0 saturated carbocycles. The number of amides is 2. The van der Waals surface area contributed by atoms with E-state index in [9.17, 15) is 18.0 Å². The van der Waals surface area contributed by atoms with Gasteiger partial charge in [-0.2, -0.15) is 0 Å². The molecule has 4 rings (SSSR count). The van der Waals surface area contributed by atoms with Gasteiger partial charge in [0.2, 0.25) is 11.8 Å². The summed E-state index contributed by atoms with van der Waals surface area (Å²) in [7, 11) is -3.67. The van der Waals surface area contributed by atoms with Crippen LogP contribution in [-0.4, -0.2) is 44.3 Å². The van der Waals surface area contributed by atoms with Crippen LogP contribution in [0.4, 0.5) is 5.69 Å². The second kappa shape index (κ2) is 11.3. The van der Waals surface area contributed by atoms with Crippen LogP contribution in [0.2, 0.25) is 0 Å². The zero-order valence-corrected chi connectivity index (χ0v) is 22.6. The van der Waals surface area contributed by atoms with Crippen LogP contribution in [0.1, 0.15) is 50.7 Å². The fourth-order valence-corrected chi connectivity index (χ4v) is 6.64. The number of carbonyl (C=O) groups excluding carboxylic acids is 2. The average molecular weight is 522 g/mol. The van der Waals surface area contributed by atoms with Gasteiger partial charge in [0.25, 0.3) is 10.0 Å². The first-order valence-electron chi connectivity index (χ1n) is 12.9. The molecule has 1 aliphatic rings. The van der Waals surface area contributed by atoms with Crippen LogP contribution in [0.3, 0.4) is 0 Å². The van der Waals surface area contributed by atoms with Crippen molar-refractivity contribution in [2.45, 2.75) is 63.9 Å². The summed E-state index contributed by atoms with van der Waals surface area (Å²) in [5.74, 6) is -0.319. The van der Waals surface area contributed by atoms with E-state index < -0.39 is 16.1 Å². The second-order valence-electron chi connectivity index (χ2n) is 9.53. The van der Waals surface area contributed by atoms with E-state index in [1.807, 2.05) is 69.3 Å². The van der Waals surface area contributed by atoms with Gasteiger partial charge >= 0.3 is 0 Å². The Bertz CT molecular complexity index is 1380. The molecule has 2 amide bonds. The predicted octanol–water partition coefficient (Wildman–Crippen LogP) is 4.77. The van der Waals surface area contributed by atoms with Gasteiger partial charge < -0.3 is 10.2 Å². The molecule has 196 valence electrons. The van der Waals surface area contributed by atoms with E-state index in [1.165, 1.54) is 4.31 Å². The summed E-state index contributed by atoms with van der Waals surface area (Å²) < 4.78 is 27.9. The highest BCUT2D eigenvalue weighted by Crippen LogP contribution is 2.42. The largest absolute Gasteiger partial charge is 0.354 e. The highest BCUT2D eigenvalue weighted by Gasteiger charge is 2.35. The van der Waals surface area contributed by atoms with E-state index in [4.69, 9.17) is 0 Å². The van der Waals surface area contributed by atoms with E-state index in [0.717, 1.165) is 28.3 Å². The molecule has 7 nitrogen and oxygen atoms in total. The van der Waals surface area contributed by atoms with Crippen molar-refractivity contribution in [1.82, 2.24) is 10.2 Å². The Morgan fingerprint density at radius 3 is 2.38 bits per heavy atom. The standard InChI is InChI=1S/C29H35N3O4S/c1-4-18-30-29(34)24(5-2)31(20-22-16-14-21(3)15-17-22)27(33)13-8-19-32-25-11-6-9-23-10-7-12-26(28(23)25)37(32,35)36/h6-7,9-12,14-17,24H,4-5,8,13,18-20H2,1-3H3,(H,30,34)/t24-/m1/s1. The van der Waals surface area contributed by atoms with Crippen molar-refractivity contribution in [1.29, 1.82) is 0 Å². The quantitative estimate of drug-likeness (QED) is 0.394. The molecule has 1 heterocycles. The third-order valence-electron chi connectivity index (χ3n) is 6.84. The Hall–Kier alpha value is -3.39.